The predicted molar refractivity (Wildman–Crippen MR) is 163 cm³/mol. The molecule has 0 aliphatic carbocycles. The molecule has 1 aromatic heterocycles. The highest BCUT2D eigenvalue weighted by Gasteiger charge is 2.33. The Morgan fingerprint density at radius 3 is 2.35 bits per heavy atom. The zero-order valence-corrected chi connectivity index (χ0v) is 24.5. The maximum absolute atomic E-state index is 14.2. The van der Waals surface area contributed by atoms with Crippen molar-refractivity contribution in [2.75, 3.05) is 13.7 Å². The van der Waals surface area contributed by atoms with Crippen LogP contribution in [0.15, 0.2) is 98.3 Å². The van der Waals surface area contributed by atoms with E-state index < -0.39 is 12.0 Å². The van der Waals surface area contributed by atoms with E-state index in [9.17, 15) is 9.59 Å². The van der Waals surface area contributed by atoms with Gasteiger partial charge in [0.05, 0.1) is 40.0 Å². The number of benzene rings is 4. The fourth-order valence-corrected chi connectivity index (χ4v) is 6.88. The summed E-state index contributed by atoms with van der Waals surface area (Å²) in [6.07, 6.45) is 1.96. The van der Waals surface area contributed by atoms with E-state index in [1.165, 1.54) is 11.3 Å². The van der Waals surface area contributed by atoms with Gasteiger partial charge in [0, 0.05) is 0 Å². The SMILES string of the molecule is CCOC(=O)C1=C(C)N=c2s/c(=C/c3c4ccccc4cc4ccccc34)c(=O)n2[C@@H]1c1ccc(OC)c(Br)c1. The maximum atomic E-state index is 14.2. The van der Waals surface area contributed by atoms with Crippen LogP contribution in [0.25, 0.3) is 27.6 Å². The third-order valence-corrected chi connectivity index (χ3v) is 8.70. The number of carbonyl (C=O) groups excluding carboxylic acids is 1. The lowest BCUT2D eigenvalue weighted by Crippen LogP contribution is -2.40. The van der Waals surface area contributed by atoms with Crippen molar-refractivity contribution in [1.29, 1.82) is 0 Å². The van der Waals surface area contributed by atoms with Crippen LogP contribution in [0.3, 0.4) is 0 Å². The number of fused-ring (bicyclic) bond motifs is 3. The van der Waals surface area contributed by atoms with E-state index in [0.717, 1.165) is 37.1 Å². The standard InChI is InChI=1S/C32H25BrN2O4S/c1-4-39-31(37)28-18(2)34-32-35(29(28)21-13-14-26(38-3)25(33)16-21)30(36)27(40-32)17-24-22-11-7-5-9-19(22)15-20-10-6-8-12-23(20)24/h5-17,29H,4H2,1-3H3/b27-17+/t29-/m1/s1. The Bertz CT molecular complexity index is 1990. The van der Waals surface area contributed by atoms with Crippen LogP contribution in [0.1, 0.15) is 31.0 Å². The number of ether oxygens (including phenoxy) is 2. The number of allylic oxidation sites excluding steroid dienone is 1. The second-order valence-corrected chi connectivity index (χ2v) is 11.3. The number of thiazole rings is 1. The second-order valence-electron chi connectivity index (χ2n) is 9.43. The third kappa shape index (κ3) is 4.37. The van der Waals surface area contributed by atoms with Gasteiger partial charge in [-0.25, -0.2) is 9.79 Å². The number of halogens is 1. The van der Waals surface area contributed by atoms with Gasteiger partial charge >= 0.3 is 5.97 Å². The average molecular weight is 614 g/mol. The first-order chi connectivity index (χ1) is 19.4. The Labute approximate surface area is 242 Å². The van der Waals surface area contributed by atoms with Crippen LogP contribution in [0.5, 0.6) is 5.75 Å². The minimum Gasteiger partial charge on any atom is -0.496 e. The van der Waals surface area contributed by atoms with Crippen LogP contribution in [0.4, 0.5) is 0 Å². The molecule has 40 heavy (non-hydrogen) atoms. The minimum atomic E-state index is -0.705. The number of methoxy groups -OCH3 is 1. The molecule has 0 N–H and O–H groups in total. The molecule has 2 heterocycles. The van der Waals surface area contributed by atoms with Gasteiger partial charge in [0.25, 0.3) is 5.56 Å². The molecule has 6 nitrogen and oxygen atoms in total. The van der Waals surface area contributed by atoms with E-state index in [1.54, 1.807) is 25.5 Å². The van der Waals surface area contributed by atoms with Crippen molar-refractivity contribution in [2.45, 2.75) is 19.9 Å². The second kappa shape index (κ2) is 10.5. The summed E-state index contributed by atoms with van der Waals surface area (Å²) in [7, 11) is 1.59. The molecule has 8 heteroatoms. The quantitative estimate of drug-likeness (QED) is 0.184. The van der Waals surface area contributed by atoms with E-state index in [2.05, 4.69) is 46.3 Å². The zero-order valence-electron chi connectivity index (χ0n) is 22.1. The molecular formula is C32H25BrN2O4S. The smallest absolute Gasteiger partial charge is 0.338 e. The average Bonchev–Trinajstić information content (AvgIpc) is 3.26. The number of aromatic nitrogens is 1. The summed E-state index contributed by atoms with van der Waals surface area (Å²) in [4.78, 5) is 32.6. The molecule has 6 rings (SSSR count). The minimum absolute atomic E-state index is 0.215. The van der Waals surface area contributed by atoms with Crippen molar-refractivity contribution in [3.05, 3.63) is 119 Å². The first kappa shape index (κ1) is 26.2. The van der Waals surface area contributed by atoms with Crippen LogP contribution in [0.2, 0.25) is 0 Å². The van der Waals surface area contributed by atoms with E-state index in [4.69, 9.17) is 14.5 Å². The van der Waals surface area contributed by atoms with Gasteiger partial charge in [0.1, 0.15) is 5.75 Å². The van der Waals surface area contributed by atoms with Gasteiger partial charge in [0.15, 0.2) is 4.80 Å². The largest absolute Gasteiger partial charge is 0.496 e. The number of rotatable bonds is 5. The molecule has 0 amide bonds. The topological polar surface area (TPSA) is 69.9 Å². The normalized spacial score (nSPS) is 15.3. The fourth-order valence-electron chi connectivity index (χ4n) is 5.30. The Balaban J connectivity index is 1.64. The lowest BCUT2D eigenvalue weighted by Gasteiger charge is -2.25. The Morgan fingerprint density at radius 1 is 1.05 bits per heavy atom. The van der Waals surface area contributed by atoms with Gasteiger partial charge in [-0.15, -0.1) is 0 Å². The molecule has 0 spiro atoms. The van der Waals surface area contributed by atoms with Crippen LogP contribution in [-0.2, 0) is 9.53 Å². The lowest BCUT2D eigenvalue weighted by molar-refractivity contribution is -0.139. The zero-order chi connectivity index (χ0) is 28.0. The molecule has 0 radical (unpaired) electrons. The first-order valence-corrected chi connectivity index (χ1v) is 14.5. The van der Waals surface area contributed by atoms with E-state index in [-0.39, 0.29) is 12.2 Å². The monoisotopic (exact) mass is 612 g/mol. The summed E-state index contributed by atoms with van der Waals surface area (Å²) < 4.78 is 13.7. The van der Waals surface area contributed by atoms with Gasteiger partial charge in [-0.1, -0.05) is 65.9 Å². The summed E-state index contributed by atoms with van der Waals surface area (Å²) >= 11 is 4.88. The van der Waals surface area contributed by atoms with E-state index >= 15 is 0 Å². The Kier molecular flexibility index (Phi) is 6.90. The van der Waals surface area contributed by atoms with E-state index in [1.807, 2.05) is 48.5 Å². The molecule has 200 valence electrons. The molecule has 0 saturated heterocycles. The van der Waals surface area contributed by atoms with E-state index in [0.29, 0.717) is 26.4 Å². The van der Waals surface area contributed by atoms with Crippen LogP contribution in [0, 0.1) is 0 Å². The van der Waals surface area contributed by atoms with Gasteiger partial charge in [-0.3, -0.25) is 9.36 Å². The van der Waals surface area contributed by atoms with Crippen LogP contribution in [-0.4, -0.2) is 24.3 Å². The van der Waals surface area contributed by atoms with Gasteiger partial charge in [0.2, 0.25) is 0 Å². The molecule has 1 aliphatic heterocycles. The number of esters is 1. The number of carbonyl (C=O) groups is 1. The molecule has 1 aliphatic rings. The van der Waals surface area contributed by atoms with Crippen molar-refractivity contribution in [3.8, 4) is 5.75 Å². The highest BCUT2D eigenvalue weighted by atomic mass is 79.9. The van der Waals surface area contributed by atoms with Crippen molar-refractivity contribution in [3.63, 3.8) is 0 Å². The molecular weight excluding hydrogens is 588 g/mol. The summed E-state index contributed by atoms with van der Waals surface area (Å²) in [6, 6.07) is 23.4. The van der Waals surface area contributed by atoms with Crippen molar-refractivity contribution >= 4 is 60.9 Å². The lowest BCUT2D eigenvalue weighted by atomic mass is 9.95. The molecule has 4 aromatic carbocycles. The summed E-state index contributed by atoms with van der Waals surface area (Å²) in [5, 5.41) is 4.32. The Hall–Kier alpha value is -4.01. The third-order valence-electron chi connectivity index (χ3n) is 7.10. The predicted octanol–water partition coefficient (Wildman–Crippen LogP) is 5.88. The van der Waals surface area contributed by atoms with Crippen LogP contribution >= 0.6 is 27.3 Å². The van der Waals surface area contributed by atoms with Crippen LogP contribution < -0.4 is 19.6 Å². The van der Waals surface area contributed by atoms with Crippen molar-refractivity contribution in [2.24, 2.45) is 4.99 Å². The highest BCUT2D eigenvalue weighted by molar-refractivity contribution is 9.10. The molecule has 1 atom stereocenters. The molecule has 5 aromatic rings. The van der Waals surface area contributed by atoms with Gasteiger partial charge in [-0.2, -0.15) is 0 Å². The number of hydrogen-bond donors (Lipinski definition) is 0. The Morgan fingerprint density at radius 2 is 1.73 bits per heavy atom. The highest BCUT2D eigenvalue weighted by Crippen LogP contribution is 2.35. The summed E-state index contributed by atoms with van der Waals surface area (Å²) in [5.41, 5.74) is 2.37. The molecule has 0 unspecified atom stereocenters. The molecule has 0 saturated carbocycles. The van der Waals surface area contributed by atoms with Gasteiger partial charge < -0.3 is 9.47 Å². The number of nitrogens with zero attached hydrogens (tertiary/aromatic N) is 2. The number of hydrogen-bond acceptors (Lipinski definition) is 6. The maximum Gasteiger partial charge on any atom is 0.338 e. The summed E-state index contributed by atoms with van der Waals surface area (Å²) in [5.74, 6) is 0.160. The van der Waals surface area contributed by atoms with Gasteiger partial charge in [-0.05, 0) is 86.7 Å². The molecule has 0 bridgehead atoms. The van der Waals surface area contributed by atoms with Crippen molar-refractivity contribution < 1.29 is 14.3 Å². The summed E-state index contributed by atoms with van der Waals surface area (Å²) in [6.45, 7) is 3.76. The van der Waals surface area contributed by atoms with Crippen molar-refractivity contribution in [1.82, 2.24) is 4.57 Å². The fraction of sp³-hybridized carbons (Fsp3) is 0.156. The molecule has 0 fully saturated rings. The first-order valence-electron chi connectivity index (χ1n) is 12.8.